The number of piperazine rings is 1. The molecule has 8 heteroatoms. The molecule has 1 aliphatic heterocycles. The molecule has 0 radical (unpaired) electrons. The zero-order valence-corrected chi connectivity index (χ0v) is 17.3. The highest BCUT2D eigenvalue weighted by atomic mass is 19.1. The number of carbonyl (C=O) groups is 1. The van der Waals surface area contributed by atoms with Crippen molar-refractivity contribution in [1.29, 1.82) is 0 Å². The Hall–Kier alpha value is -4.07. The fraction of sp³-hybridized carbons (Fsp3) is 0.167. The second kappa shape index (κ2) is 8.22. The first kappa shape index (κ1) is 19.9. The Morgan fingerprint density at radius 2 is 1.56 bits per heavy atom. The smallest absolute Gasteiger partial charge is 0.253 e. The highest BCUT2D eigenvalue weighted by Crippen LogP contribution is 2.28. The van der Waals surface area contributed by atoms with Gasteiger partial charge in [0.1, 0.15) is 11.3 Å². The van der Waals surface area contributed by atoms with Gasteiger partial charge in [-0.15, -0.1) is 0 Å². The van der Waals surface area contributed by atoms with E-state index in [4.69, 9.17) is 10.7 Å². The Morgan fingerprint density at radius 1 is 0.844 bits per heavy atom. The third kappa shape index (κ3) is 3.82. The summed E-state index contributed by atoms with van der Waals surface area (Å²) < 4.78 is 13.3. The van der Waals surface area contributed by atoms with Gasteiger partial charge in [0.25, 0.3) is 5.91 Å². The van der Waals surface area contributed by atoms with Gasteiger partial charge in [0.15, 0.2) is 5.82 Å². The summed E-state index contributed by atoms with van der Waals surface area (Å²) in [6.45, 7) is 2.34. The van der Waals surface area contributed by atoms with E-state index in [2.05, 4.69) is 14.9 Å². The molecule has 4 aromatic rings. The van der Waals surface area contributed by atoms with Crippen molar-refractivity contribution in [2.45, 2.75) is 0 Å². The summed E-state index contributed by atoms with van der Waals surface area (Å²) in [4.78, 5) is 30.2. The number of nitrogens with two attached hydrogens (primary N) is 1. The van der Waals surface area contributed by atoms with E-state index in [1.54, 1.807) is 12.1 Å². The van der Waals surface area contributed by atoms with Crippen LogP contribution in [0.4, 0.5) is 16.2 Å². The maximum atomic E-state index is 13.3. The number of hydrogen-bond donors (Lipinski definition) is 1. The summed E-state index contributed by atoms with van der Waals surface area (Å²) in [7, 11) is 0. The molecule has 1 amide bonds. The van der Waals surface area contributed by atoms with Crippen LogP contribution in [-0.2, 0) is 0 Å². The van der Waals surface area contributed by atoms with E-state index in [0.717, 1.165) is 5.56 Å². The maximum absolute atomic E-state index is 13.3. The molecule has 0 spiro atoms. The Morgan fingerprint density at radius 3 is 2.28 bits per heavy atom. The first-order valence-corrected chi connectivity index (χ1v) is 10.4. The van der Waals surface area contributed by atoms with Crippen molar-refractivity contribution in [1.82, 2.24) is 19.9 Å². The van der Waals surface area contributed by atoms with E-state index >= 15 is 0 Å². The minimum absolute atomic E-state index is 0.0223. The van der Waals surface area contributed by atoms with Crippen LogP contribution < -0.4 is 10.6 Å². The lowest BCUT2D eigenvalue weighted by Gasteiger charge is -2.35. The van der Waals surface area contributed by atoms with Gasteiger partial charge in [-0.3, -0.25) is 4.79 Å². The quantitative estimate of drug-likeness (QED) is 0.538. The summed E-state index contributed by atoms with van der Waals surface area (Å²) >= 11 is 0. The van der Waals surface area contributed by atoms with Gasteiger partial charge in [0.05, 0.1) is 11.2 Å². The average molecular weight is 428 g/mol. The lowest BCUT2D eigenvalue weighted by molar-refractivity contribution is 0.0746. The van der Waals surface area contributed by atoms with Crippen LogP contribution >= 0.6 is 0 Å². The Kier molecular flexibility index (Phi) is 5.10. The Balaban J connectivity index is 1.43. The van der Waals surface area contributed by atoms with Gasteiger partial charge >= 0.3 is 0 Å². The average Bonchev–Trinajstić information content (AvgIpc) is 2.84. The third-order valence-electron chi connectivity index (χ3n) is 5.57. The van der Waals surface area contributed by atoms with Crippen LogP contribution in [0.1, 0.15) is 10.4 Å². The number of aromatic nitrogens is 3. The van der Waals surface area contributed by atoms with Crippen molar-refractivity contribution in [3.63, 3.8) is 0 Å². The van der Waals surface area contributed by atoms with Gasteiger partial charge in [-0.05, 0) is 48.5 Å². The van der Waals surface area contributed by atoms with Gasteiger partial charge in [0.2, 0.25) is 5.95 Å². The van der Waals surface area contributed by atoms with Crippen LogP contribution in [0.15, 0.2) is 66.7 Å². The van der Waals surface area contributed by atoms with Crippen molar-refractivity contribution >= 4 is 28.7 Å². The van der Waals surface area contributed by atoms with Crippen LogP contribution in [-0.4, -0.2) is 51.9 Å². The molecule has 2 aromatic carbocycles. The molecule has 2 N–H and O–H groups in total. The summed E-state index contributed by atoms with van der Waals surface area (Å²) in [5, 5.41) is 0. The molecule has 0 saturated carbocycles. The number of nitrogen functional groups attached to an aromatic ring is 1. The molecule has 5 rings (SSSR count). The highest BCUT2D eigenvalue weighted by Gasteiger charge is 2.25. The largest absolute Gasteiger partial charge is 0.368 e. The monoisotopic (exact) mass is 428 g/mol. The minimum Gasteiger partial charge on any atom is -0.368 e. The van der Waals surface area contributed by atoms with E-state index in [-0.39, 0.29) is 17.7 Å². The number of hydrogen-bond acceptors (Lipinski definition) is 6. The molecule has 2 aromatic heterocycles. The fourth-order valence-corrected chi connectivity index (χ4v) is 3.90. The molecule has 0 unspecified atom stereocenters. The molecule has 1 aliphatic rings. The van der Waals surface area contributed by atoms with Gasteiger partial charge in [0, 0.05) is 37.3 Å². The second-order valence-corrected chi connectivity index (χ2v) is 7.62. The number of pyridine rings is 1. The zero-order chi connectivity index (χ0) is 22.1. The third-order valence-corrected chi connectivity index (χ3v) is 5.57. The van der Waals surface area contributed by atoms with Crippen LogP contribution in [0.2, 0.25) is 0 Å². The van der Waals surface area contributed by atoms with E-state index in [1.165, 1.54) is 12.1 Å². The summed E-state index contributed by atoms with van der Waals surface area (Å²) in [5.41, 5.74) is 9.42. The van der Waals surface area contributed by atoms with Gasteiger partial charge in [-0.2, -0.15) is 4.98 Å². The number of halogens is 1. The number of amides is 1. The number of anilines is 2. The molecule has 32 heavy (non-hydrogen) atoms. The molecule has 3 heterocycles. The maximum Gasteiger partial charge on any atom is 0.253 e. The van der Waals surface area contributed by atoms with Crippen molar-refractivity contribution in [3.8, 4) is 11.3 Å². The topological polar surface area (TPSA) is 88.2 Å². The van der Waals surface area contributed by atoms with E-state index in [1.807, 2.05) is 47.4 Å². The highest BCUT2D eigenvalue weighted by molar-refractivity contribution is 5.94. The number of nitrogens with zero attached hydrogens (tertiary/aromatic N) is 5. The SMILES string of the molecule is Nc1nc(N2CCN(C(=O)c3ccccc3)CC2)c2nc(-c3ccc(F)cc3)ccc2n1. The van der Waals surface area contributed by atoms with Crippen LogP contribution in [0.3, 0.4) is 0 Å². The lowest BCUT2D eigenvalue weighted by Crippen LogP contribution is -2.49. The van der Waals surface area contributed by atoms with Gasteiger partial charge < -0.3 is 15.5 Å². The van der Waals surface area contributed by atoms with E-state index < -0.39 is 0 Å². The van der Waals surface area contributed by atoms with Crippen molar-refractivity contribution < 1.29 is 9.18 Å². The van der Waals surface area contributed by atoms with Crippen molar-refractivity contribution in [2.24, 2.45) is 0 Å². The molecule has 0 aliphatic carbocycles. The van der Waals surface area contributed by atoms with Crippen molar-refractivity contribution in [2.75, 3.05) is 36.8 Å². The molecular formula is C24H21FN6O. The predicted octanol–water partition coefficient (Wildman–Crippen LogP) is 3.38. The van der Waals surface area contributed by atoms with Gasteiger partial charge in [-0.25, -0.2) is 14.4 Å². The Labute approximate surface area is 184 Å². The standard InChI is InChI=1S/C24H21FN6O/c25-18-8-6-16(7-9-18)19-10-11-20-21(27-19)22(29-24(26)28-20)30-12-14-31(15-13-30)23(32)17-4-2-1-3-5-17/h1-11H,12-15H2,(H2,26,28,29). The zero-order valence-electron chi connectivity index (χ0n) is 17.3. The van der Waals surface area contributed by atoms with Crippen LogP contribution in [0, 0.1) is 5.82 Å². The molecule has 0 atom stereocenters. The molecule has 7 nitrogen and oxygen atoms in total. The Bertz CT molecular complexity index is 1270. The summed E-state index contributed by atoms with van der Waals surface area (Å²) in [6, 6.07) is 19.2. The number of benzene rings is 2. The predicted molar refractivity (Wildman–Crippen MR) is 122 cm³/mol. The first-order valence-electron chi connectivity index (χ1n) is 10.4. The molecule has 1 fully saturated rings. The number of rotatable bonds is 3. The number of carbonyl (C=O) groups excluding carboxylic acids is 1. The first-order chi connectivity index (χ1) is 15.6. The number of fused-ring (bicyclic) bond motifs is 1. The summed E-state index contributed by atoms with van der Waals surface area (Å²) in [6.07, 6.45) is 0. The molecule has 0 bridgehead atoms. The lowest BCUT2D eigenvalue weighted by atomic mass is 10.1. The van der Waals surface area contributed by atoms with E-state index in [9.17, 15) is 9.18 Å². The van der Waals surface area contributed by atoms with Gasteiger partial charge in [-0.1, -0.05) is 18.2 Å². The normalized spacial score (nSPS) is 14.0. The molecular weight excluding hydrogens is 407 g/mol. The van der Waals surface area contributed by atoms with Crippen LogP contribution in [0.25, 0.3) is 22.3 Å². The van der Waals surface area contributed by atoms with Crippen LogP contribution in [0.5, 0.6) is 0 Å². The van der Waals surface area contributed by atoms with E-state index in [0.29, 0.717) is 54.3 Å². The molecule has 160 valence electrons. The second-order valence-electron chi connectivity index (χ2n) is 7.62. The fourth-order valence-electron chi connectivity index (χ4n) is 3.90. The summed E-state index contributed by atoms with van der Waals surface area (Å²) in [5.74, 6) is 0.540. The molecule has 1 saturated heterocycles. The van der Waals surface area contributed by atoms with Crippen molar-refractivity contribution in [3.05, 3.63) is 78.1 Å². The minimum atomic E-state index is -0.297.